The minimum atomic E-state index is -0.378. The number of aryl methyl sites for hydroxylation is 1. The minimum Gasteiger partial charge on any atom is -0.439 e. The van der Waals surface area contributed by atoms with E-state index in [0.717, 1.165) is 12.0 Å². The van der Waals surface area contributed by atoms with E-state index in [2.05, 4.69) is 15.4 Å². The lowest BCUT2D eigenvalue weighted by atomic mass is 10.2. The largest absolute Gasteiger partial charge is 0.439 e. The fourth-order valence-electron chi connectivity index (χ4n) is 2.41. The molecule has 0 unspecified atom stereocenters. The average Bonchev–Trinajstić information content (AvgIpc) is 2.71. The van der Waals surface area contributed by atoms with Crippen LogP contribution in [-0.2, 0) is 13.1 Å². The molecule has 0 aliphatic heterocycles. The molecule has 3 rings (SSSR count). The number of ether oxygens (including phenoxy) is 1. The highest BCUT2D eigenvalue weighted by Crippen LogP contribution is 2.19. The first-order valence-corrected chi connectivity index (χ1v) is 8.80. The first-order valence-electron chi connectivity index (χ1n) is 8.80. The fourth-order valence-corrected chi connectivity index (χ4v) is 2.41. The highest BCUT2D eigenvalue weighted by atomic mass is 19.1. The zero-order valence-corrected chi connectivity index (χ0v) is 15.3. The molecule has 0 bridgehead atoms. The number of rotatable bonds is 7. The maximum absolute atomic E-state index is 12.9. The lowest BCUT2D eigenvalue weighted by Gasteiger charge is -2.08. The van der Waals surface area contributed by atoms with Gasteiger partial charge >= 0.3 is 0 Å². The van der Waals surface area contributed by atoms with Crippen molar-refractivity contribution in [1.29, 1.82) is 0 Å². The fraction of sp³-hybridized carbons (Fsp3) is 0.200. The number of hydrogen-bond acceptors (Lipinski definition) is 5. The molecule has 0 fully saturated rings. The average molecular weight is 382 g/mol. The molecule has 144 valence electrons. The molecule has 0 radical (unpaired) electrons. The highest BCUT2D eigenvalue weighted by Gasteiger charge is 2.09. The van der Waals surface area contributed by atoms with Gasteiger partial charge in [-0.1, -0.05) is 13.0 Å². The molecule has 2 heterocycles. The topological polar surface area (TPSA) is 86.1 Å². The van der Waals surface area contributed by atoms with Crippen LogP contribution in [0.5, 0.6) is 11.6 Å². The number of pyridine rings is 1. The van der Waals surface area contributed by atoms with E-state index in [9.17, 15) is 14.0 Å². The standard InChI is InChI=1S/C20H19FN4O3/c1-2-11-25-19(26)10-8-17(24-25)20(27)23-13-14-3-9-18(22-12-14)28-16-6-4-15(21)5-7-16/h3-10,12H,2,11,13H2,1H3,(H,23,27). The molecular weight excluding hydrogens is 363 g/mol. The van der Waals surface area contributed by atoms with Crippen molar-refractivity contribution in [3.05, 3.63) is 82.2 Å². The van der Waals surface area contributed by atoms with Crippen LogP contribution < -0.4 is 15.6 Å². The Morgan fingerprint density at radius 1 is 1.14 bits per heavy atom. The number of carbonyl (C=O) groups is 1. The molecule has 28 heavy (non-hydrogen) atoms. The van der Waals surface area contributed by atoms with Crippen molar-refractivity contribution < 1.29 is 13.9 Å². The Labute approximate surface area is 160 Å². The van der Waals surface area contributed by atoms with Crippen LogP contribution in [0.1, 0.15) is 29.4 Å². The van der Waals surface area contributed by atoms with Gasteiger partial charge in [0.2, 0.25) is 5.88 Å². The van der Waals surface area contributed by atoms with E-state index in [0.29, 0.717) is 18.2 Å². The summed E-state index contributed by atoms with van der Waals surface area (Å²) in [4.78, 5) is 28.1. The summed E-state index contributed by atoms with van der Waals surface area (Å²) in [6, 6.07) is 11.8. The Hall–Kier alpha value is -3.55. The van der Waals surface area contributed by atoms with E-state index in [4.69, 9.17) is 4.74 Å². The van der Waals surface area contributed by atoms with Crippen molar-refractivity contribution in [1.82, 2.24) is 20.1 Å². The van der Waals surface area contributed by atoms with Gasteiger partial charge in [-0.15, -0.1) is 0 Å². The molecule has 0 aliphatic rings. The number of halogens is 1. The molecule has 7 nitrogen and oxygen atoms in total. The summed E-state index contributed by atoms with van der Waals surface area (Å²) in [5, 5.41) is 6.81. The van der Waals surface area contributed by atoms with Crippen molar-refractivity contribution in [2.45, 2.75) is 26.4 Å². The molecule has 1 N–H and O–H groups in total. The maximum atomic E-state index is 12.9. The smallest absolute Gasteiger partial charge is 0.271 e. The zero-order chi connectivity index (χ0) is 19.9. The summed E-state index contributed by atoms with van der Waals surface area (Å²) in [7, 11) is 0. The molecule has 0 atom stereocenters. The van der Waals surface area contributed by atoms with Crippen LogP contribution in [-0.4, -0.2) is 20.7 Å². The summed E-state index contributed by atoms with van der Waals surface area (Å²) in [5.41, 5.74) is 0.707. The Bertz CT molecular complexity index is 1000. The number of nitrogens with zero attached hydrogens (tertiary/aromatic N) is 3. The van der Waals surface area contributed by atoms with E-state index in [1.807, 2.05) is 6.92 Å². The molecule has 1 aromatic carbocycles. The third-order valence-corrected chi connectivity index (χ3v) is 3.82. The molecule has 8 heteroatoms. The number of benzene rings is 1. The predicted molar refractivity (Wildman–Crippen MR) is 101 cm³/mol. The van der Waals surface area contributed by atoms with Crippen molar-refractivity contribution in [3.8, 4) is 11.6 Å². The van der Waals surface area contributed by atoms with Crippen LogP contribution in [0.2, 0.25) is 0 Å². The van der Waals surface area contributed by atoms with Crippen LogP contribution in [0, 0.1) is 5.82 Å². The summed E-state index contributed by atoms with van der Waals surface area (Å²) >= 11 is 0. The van der Waals surface area contributed by atoms with Crippen LogP contribution in [0.25, 0.3) is 0 Å². The second-order valence-corrected chi connectivity index (χ2v) is 6.02. The number of nitrogens with one attached hydrogen (secondary N) is 1. The van der Waals surface area contributed by atoms with Crippen molar-refractivity contribution >= 4 is 5.91 Å². The van der Waals surface area contributed by atoms with Gasteiger partial charge in [0.05, 0.1) is 0 Å². The second kappa shape index (κ2) is 8.90. The Balaban J connectivity index is 1.58. The van der Waals surface area contributed by atoms with Gasteiger partial charge in [0.15, 0.2) is 0 Å². The summed E-state index contributed by atoms with van der Waals surface area (Å²) < 4.78 is 19.7. The predicted octanol–water partition coefficient (Wildman–Crippen LogP) is 2.91. The van der Waals surface area contributed by atoms with Gasteiger partial charge < -0.3 is 10.1 Å². The first kappa shape index (κ1) is 19.2. The van der Waals surface area contributed by atoms with E-state index < -0.39 is 0 Å². The molecule has 3 aromatic rings. The molecular formula is C20H19FN4O3. The van der Waals surface area contributed by atoms with Gasteiger partial charge in [0, 0.05) is 31.4 Å². The summed E-state index contributed by atoms with van der Waals surface area (Å²) in [6.07, 6.45) is 2.32. The Morgan fingerprint density at radius 2 is 1.93 bits per heavy atom. The van der Waals surface area contributed by atoms with Crippen molar-refractivity contribution in [3.63, 3.8) is 0 Å². The van der Waals surface area contributed by atoms with Crippen molar-refractivity contribution in [2.24, 2.45) is 0 Å². The lowest BCUT2D eigenvalue weighted by molar-refractivity contribution is 0.0943. The molecule has 2 aromatic heterocycles. The van der Waals surface area contributed by atoms with Crippen molar-refractivity contribution in [2.75, 3.05) is 0 Å². The van der Waals surface area contributed by atoms with Crippen LogP contribution in [0.3, 0.4) is 0 Å². The normalized spacial score (nSPS) is 10.5. The van der Waals surface area contributed by atoms with E-state index >= 15 is 0 Å². The first-order chi connectivity index (χ1) is 13.5. The van der Waals surface area contributed by atoms with Gasteiger partial charge in [-0.05, 0) is 42.3 Å². The summed E-state index contributed by atoms with van der Waals surface area (Å²) in [6.45, 7) is 2.63. The number of amides is 1. The van der Waals surface area contributed by atoms with E-state index in [-0.39, 0.29) is 29.5 Å². The number of hydrogen-bond donors (Lipinski definition) is 1. The van der Waals surface area contributed by atoms with Gasteiger partial charge in [0.1, 0.15) is 17.3 Å². The number of aromatic nitrogens is 3. The Kier molecular flexibility index (Phi) is 6.11. The van der Waals surface area contributed by atoms with E-state index in [1.54, 1.807) is 18.3 Å². The van der Waals surface area contributed by atoms with Crippen LogP contribution in [0.15, 0.2) is 59.5 Å². The van der Waals surface area contributed by atoms with Gasteiger partial charge in [-0.3, -0.25) is 9.59 Å². The molecule has 0 spiro atoms. The summed E-state index contributed by atoms with van der Waals surface area (Å²) in [5.74, 6) is 0.112. The monoisotopic (exact) mass is 382 g/mol. The third kappa shape index (κ3) is 5.00. The molecule has 0 saturated heterocycles. The maximum Gasteiger partial charge on any atom is 0.271 e. The lowest BCUT2D eigenvalue weighted by Crippen LogP contribution is -2.29. The van der Waals surface area contributed by atoms with E-state index in [1.165, 1.54) is 41.1 Å². The van der Waals surface area contributed by atoms with Gasteiger partial charge in [-0.2, -0.15) is 5.10 Å². The molecule has 0 saturated carbocycles. The quantitative estimate of drug-likeness (QED) is 0.679. The third-order valence-electron chi connectivity index (χ3n) is 3.82. The number of carbonyl (C=O) groups excluding carboxylic acids is 1. The van der Waals surface area contributed by atoms with Gasteiger partial charge in [-0.25, -0.2) is 14.1 Å². The highest BCUT2D eigenvalue weighted by molar-refractivity contribution is 5.91. The second-order valence-electron chi connectivity index (χ2n) is 6.02. The van der Waals surface area contributed by atoms with Crippen LogP contribution >= 0.6 is 0 Å². The zero-order valence-electron chi connectivity index (χ0n) is 15.3. The molecule has 1 amide bonds. The minimum absolute atomic E-state index is 0.178. The SMILES string of the molecule is CCCn1nc(C(=O)NCc2ccc(Oc3ccc(F)cc3)nc2)ccc1=O. The van der Waals surface area contributed by atoms with Gasteiger partial charge in [0.25, 0.3) is 11.5 Å². The van der Waals surface area contributed by atoms with Crippen LogP contribution in [0.4, 0.5) is 4.39 Å². The molecule has 0 aliphatic carbocycles. The Morgan fingerprint density at radius 3 is 2.61 bits per heavy atom.